The van der Waals surface area contributed by atoms with Crippen LogP contribution < -0.4 is 23.9 Å². The van der Waals surface area contributed by atoms with E-state index in [0.29, 0.717) is 6.42 Å². The Hall–Kier alpha value is -1.28. The van der Waals surface area contributed by atoms with E-state index in [-0.39, 0.29) is 5.04 Å². The molecule has 5 heteroatoms. The van der Waals surface area contributed by atoms with Crippen molar-refractivity contribution in [3.63, 3.8) is 0 Å². The van der Waals surface area contributed by atoms with Crippen molar-refractivity contribution < 1.29 is 4.79 Å². The van der Waals surface area contributed by atoms with E-state index in [1.54, 1.807) is 0 Å². The monoisotopic (exact) mass is 470 g/mol. The number of aldehydes is 1. The Morgan fingerprint density at radius 3 is 2.16 bits per heavy atom. The first-order valence-corrected chi connectivity index (χ1v) is 13.8. The second-order valence-corrected chi connectivity index (χ2v) is 16.4. The topological polar surface area (TPSA) is 69.1 Å². The van der Waals surface area contributed by atoms with Crippen LogP contribution in [0.3, 0.4) is 0 Å². The van der Waals surface area contributed by atoms with Gasteiger partial charge in [0.05, 0.1) is 0 Å². The second-order valence-electron chi connectivity index (χ2n) is 7.92. The molecule has 0 saturated carbocycles. The third kappa shape index (κ3) is 4.28. The van der Waals surface area contributed by atoms with Gasteiger partial charge in [-0.3, -0.25) is 0 Å². The van der Waals surface area contributed by atoms with E-state index in [1.165, 1.54) is 12.4 Å². The van der Waals surface area contributed by atoms with Gasteiger partial charge in [-0.1, -0.05) is 0 Å². The van der Waals surface area contributed by atoms with Crippen LogP contribution in [0.1, 0.15) is 26.3 Å². The fourth-order valence-electron chi connectivity index (χ4n) is 2.75. The van der Waals surface area contributed by atoms with Crippen LogP contribution in [0.2, 0.25) is 18.1 Å². The van der Waals surface area contributed by atoms with Gasteiger partial charge in [0, 0.05) is 0 Å². The van der Waals surface area contributed by atoms with E-state index in [4.69, 9.17) is 11.5 Å². The minimum absolute atomic E-state index is 0.182. The minimum atomic E-state index is -1.83. The van der Waals surface area contributed by atoms with Crippen molar-refractivity contribution in [2.45, 2.75) is 45.3 Å². The molecule has 2 rings (SSSR count). The molecule has 3 nitrogen and oxygen atoms in total. The first-order valence-electron chi connectivity index (χ1n) is 8.47. The summed E-state index contributed by atoms with van der Waals surface area (Å²) in [4.78, 5) is 11.3. The van der Waals surface area contributed by atoms with Gasteiger partial charge in [0.25, 0.3) is 0 Å². The summed E-state index contributed by atoms with van der Waals surface area (Å²) in [6, 6.07) is 12.4. The average molecular weight is 468 g/mol. The standard InChI is InChI=1S/C20H28N2OSiTe/c1-20(2,3)24(4,5)19-16(12-13-23)17(22)10-11-18(19)25-15-8-6-14(21)7-9-15/h6-11,13H,12,21-22H2,1-5H3. The summed E-state index contributed by atoms with van der Waals surface area (Å²) in [5, 5.41) is 1.58. The van der Waals surface area contributed by atoms with Gasteiger partial charge in [0.2, 0.25) is 0 Å². The van der Waals surface area contributed by atoms with E-state index in [0.717, 1.165) is 23.2 Å². The van der Waals surface area contributed by atoms with Crippen LogP contribution >= 0.6 is 0 Å². The fourth-order valence-corrected chi connectivity index (χ4v) is 10.3. The molecular weight excluding hydrogens is 440 g/mol. The Balaban J connectivity index is 2.65. The van der Waals surface area contributed by atoms with Gasteiger partial charge in [0.1, 0.15) is 0 Å². The normalized spacial score (nSPS) is 12.2. The van der Waals surface area contributed by atoms with Gasteiger partial charge in [-0.05, 0) is 0 Å². The SMILES string of the molecule is CC(C)(C)[Si](C)(C)c1c([Te]c2ccc(N)cc2)ccc(N)c1CC=O. The van der Waals surface area contributed by atoms with Crippen molar-refractivity contribution in [2.75, 3.05) is 11.5 Å². The van der Waals surface area contributed by atoms with Crippen molar-refractivity contribution >= 4 is 59.1 Å². The first kappa shape index (κ1) is 20.0. The molecule has 25 heavy (non-hydrogen) atoms. The number of nitrogens with two attached hydrogens (primary N) is 2. The van der Waals surface area contributed by atoms with Crippen LogP contribution in [0.25, 0.3) is 0 Å². The number of benzene rings is 2. The molecule has 2 aromatic rings. The molecule has 0 bridgehead atoms. The zero-order valence-electron chi connectivity index (χ0n) is 15.7. The number of anilines is 2. The molecule has 134 valence electrons. The Labute approximate surface area is 162 Å². The van der Waals surface area contributed by atoms with Crippen molar-refractivity contribution in [3.8, 4) is 0 Å². The third-order valence-electron chi connectivity index (χ3n) is 5.21. The molecule has 0 atom stereocenters. The summed E-state index contributed by atoms with van der Waals surface area (Å²) in [6.07, 6.45) is 1.38. The molecule has 0 fully saturated rings. The molecule has 0 spiro atoms. The number of carbonyl (C=O) groups excluding carboxylic acids is 1. The summed E-state index contributed by atoms with van der Waals surface area (Å²) in [5.41, 5.74) is 14.7. The second kappa shape index (κ2) is 7.53. The zero-order chi connectivity index (χ0) is 18.8. The van der Waals surface area contributed by atoms with Crippen LogP contribution in [0, 0.1) is 0 Å². The molecule has 4 N–H and O–H groups in total. The number of hydrogen-bond donors (Lipinski definition) is 2. The van der Waals surface area contributed by atoms with E-state index in [9.17, 15) is 4.79 Å². The van der Waals surface area contributed by atoms with Crippen LogP contribution in [0.5, 0.6) is 0 Å². The maximum absolute atomic E-state index is 11.3. The molecule has 0 aliphatic rings. The number of nitrogen functional groups attached to an aromatic ring is 2. The quantitative estimate of drug-likeness (QED) is 0.401. The van der Waals surface area contributed by atoms with Crippen molar-refractivity contribution in [3.05, 3.63) is 42.0 Å². The number of carbonyl (C=O) groups is 1. The molecule has 0 radical (unpaired) electrons. The van der Waals surface area contributed by atoms with Crippen LogP contribution in [-0.2, 0) is 11.2 Å². The molecule has 0 aliphatic heterocycles. The van der Waals surface area contributed by atoms with Gasteiger partial charge in [0.15, 0.2) is 0 Å². The van der Waals surface area contributed by atoms with Crippen LogP contribution in [0.4, 0.5) is 11.4 Å². The molecule has 0 amide bonds. The maximum atomic E-state index is 11.3. The average Bonchev–Trinajstić information content (AvgIpc) is 2.51. The molecular formula is C20H28N2OSiTe. The van der Waals surface area contributed by atoms with Gasteiger partial charge >= 0.3 is 163 Å². The number of rotatable bonds is 5. The third-order valence-corrected chi connectivity index (χ3v) is 14.4. The van der Waals surface area contributed by atoms with Crippen molar-refractivity contribution in [2.24, 2.45) is 0 Å². The van der Waals surface area contributed by atoms with Crippen molar-refractivity contribution in [1.82, 2.24) is 0 Å². The molecule has 0 heterocycles. The summed E-state index contributed by atoms with van der Waals surface area (Å²) >= 11 is -0.568. The Bertz CT molecular complexity index is 765. The van der Waals surface area contributed by atoms with Gasteiger partial charge in [-0.2, -0.15) is 0 Å². The number of hydrogen-bond acceptors (Lipinski definition) is 3. The zero-order valence-corrected chi connectivity index (χ0v) is 19.1. The summed E-state index contributed by atoms with van der Waals surface area (Å²) in [7, 11) is -1.83. The predicted molar refractivity (Wildman–Crippen MR) is 113 cm³/mol. The Morgan fingerprint density at radius 2 is 1.64 bits per heavy atom. The van der Waals surface area contributed by atoms with E-state index < -0.39 is 29.0 Å². The molecule has 0 aromatic heterocycles. The van der Waals surface area contributed by atoms with Gasteiger partial charge in [-0.15, -0.1) is 0 Å². The molecule has 0 aliphatic carbocycles. The van der Waals surface area contributed by atoms with Gasteiger partial charge < -0.3 is 0 Å². The van der Waals surface area contributed by atoms with E-state index in [2.05, 4.69) is 52.1 Å². The van der Waals surface area contributed by atoms with Crippen LogP contribution in [0.15, 0.2) is 36.4 Å². The first-order chi connectivity index (χ1) is 11.6. The van der Waals surface area contributed by atoms with E-state index in [1.807, 2.05) is 18.2 Å². The summed E-state index contributed by atoms with van der Waals surface area (Å²) < 4.78 is 2.76. The fraction of sp³-hybridized carbons (Fsp3) is 0.350. The molecule has 0 saturated heterocycles. The summed E-state index contributed by atoms with van der Waals surface area (Å²) in [5.74, 6) is 0. The summed E-state index contributed by atoms with van der Waals surface area (Å²) in [6.45, 7) is 11.7. The van der Waals surface area contributed by atoms with Crippen molar-refractivity contribution in [1.29, 1.82) is 0 Å². The Kier molecular flexibility index (Phi) is 6.04. The van der Waals surface area contributed by atoms with E-state index >= 15 is 0 Å². The van der Waals surface area contributed by atoms with Crippen LogP contribution in [-0.4, -0.2) is 35.3 Å². The molecule has 0 unspecified atom stereocenters. The predicted octanol–water partition coefficient (Wildman–Crippen LogP) is 1.96. The van der Waals surface area contributed by atoms with Gasteiger partial charge in [-0.25, -0.2) is 0 Å². The Morgan fingerprint density at radius 1 is 1.04 bits per heavy atom. The molecule has 2 aromatic carbocycles.